The number of nitrogens with one attached hydrogen (secondary N) is 1. The average Bonchev–Trinajstić information content (AvgIpc) is 3.10. The van der Waals surface area contributed by atoms with Gasteiger partial charge >= 0.3 is 0 Å². The summed E-state index contributed by atoms with van der Waals surface area (Å²) >= 11 is 0. The quantitative estimate of drug-likeness (QED) is 0.658. The normalized spacial score (nSPS) is 14.1. The van der Waals surface area contributed by atoms with Crippen LogP contribution < -0.4 is 10.2 Å². The number of anilines is 3. The first-order valence-corrected chi connectivity index (χ1v) is 8.60. The first-order valence-electron chi connectivity index (χ1n) is 8.60. The van der Waals surface area contributed by atoms with E-state index in [0.717, 1.165) is 30.0 Å². The van der Waals surface area contributed by atoms with E-state index < -0.39 is 6.10 Å². The third-order valence-corrected chi connectivity index (χ3v) is 4.49. The van der Waals surface area contributed by atoms with Gasteiger partial charge in [0.1, 0.15) is 5.75 Å². The molecule has 6 heteroatoms. The highest BCUT2D eigenvalue weighted by Gasteiger charge is 2.22. The summed E-state index contributed by atoms with van der Waals surface area (Å²) in [6, 6.07) is 16.8. The molecular formula is C20H20N4O2. The van der Waals surface area contributed by atoms with E-state index in [0.29, 0.717) is 11.5 Å². The number of rotatable bonds is 5. The lowest BCUT2D eigenvalue weighted by atomic mass is 10.1. The summed E-state index contributed by atoms with van der Waals surface area (Å²) in [6.45, 7) is 1.15. The molecule has 0 aliphatic carbocycles. The van der Waals surface area contributed by atoms with Crippen molar-refractivity contribution in [3.63, 3.8) is 0 Å². The van der Waals surface area contributed by atoms with Crippen molar-refractivity contribution in [2.45, 2.75) is 12.5 Å². The maximum absolute atomic E-state index is 10.3. The van der Waals surface area contributed by atoms with Crippen LogP contribution in [-0.2, 0) is 6.42 Å². The molecule has 1 unspecified atom stereocenters. The van der Waals surface area contributed by atoms with Crippen molar-refractivity contribution >= 4 is 17.3 Å². The molecule has 0 amide bonds. The molecule has 3 aromatic rings. The molecule has 6 nitrogen and oxygen atoms in total. The lowest BCUT2D eigenvalue weighted by molar-refractivity contribution is 0.191. The van der Waals surface area contributed by atoms with Crippen LogP contribution in [0, 0.1) is 0 Å². The predicted octanol–water partition coefficient (Wildman–Crippen LogP) is 3.02. The third-order valence-electron chi connectivity index (χ3n) is 4.49. The molecule has 1 aliphatic rings. The van der Waals surface area contributed by atoms with Crippen LogP contribution in [-0.4, -0.2) is 33.3 Å². The highest BCUT2D eigenvalue weighted by Crippen LogP contribution is 2.33. The van der Waals surface area contributed by atoms with Crippen molar-refractivity contribution in [2.75, 3.05) is 23.3 Å². The number of aliphatic hydroxyl groups is 1. The number of aromatic hydroxyl groups is 1. The van der Waals surface area contributed by atoms with Crippen molar-refractivity contribution in [3.05, 3.63) is 72.1 Å². The predicted molar refractivity (Wildman–Crippen MR) is 101 cm³/mol. The van der Waals surface area contributed by atoms with Crippen molar-refractivity contribution in [2.24, 2.45) is 0 Å². The van der Waals surface area contributed by atoms with Crippen molar-refractivity contribution in [3.8, 4) is 5.75 Å². The van der Waals surface area contributed by atoms with Gasteiger partial charge in [-0.25, -0.2) is 9.97 Å². The van der Waals surface area contributed by atoms with Gasteiger partial charge in [-0.15, -0.1) is 0 Å². The Labute approximate surface area is 151 Å². The second-order valence-electron chi connectivity index (χ2n) is 6.25. The zero-order valence-corrected chi connectivity index (χ0v) is 14.2. The number of hydrogen-bond donors (Lipinski definition) is 3. The first kappa shape index (κ1) is 16.4. The SMILES string of the molecule is Oc1cccc(C(O)CNc2ncc3c(n2)CCN3c2ccccc2)c1. The molecule has 0 fully saturated rings. The Kier molecular flexibility index (Phi) is 4.41. The van der Waals surface area contributed by atoms with E-state index in [1.807, 2.05) is 24.4 Å². The number of phenols is 1. The number of para-hydroxylation sites is 1. The molecule has 26 heavy (non-hydrogen) atoms. The lowest BCUT2D eigenvalue weighted by Gasteiger charge is -2.19. The Morgan fingerprint density at radius 1 is 1.12 bits per heavy atom. The zero-order valence-electron chi connectivity index (χ0n) is 14.2. The molecule has 0 radical (unpaired) electrons. The molecule has 1 aromatic heterocycles. The molecule has 0 saturated heterocycles. The summed E-state index contributed by atoms with van der Waals surface area (Å²) in [6.07, 6.45) is 1.93. The molecule has 1 atom stereocenters. The van der Waals surface area contributed by atoms with E-state index in [4.69, 9.17) is 0 Å². The minimum absolute atomic E-state index is 0.135. The van der Waals surface area contributed by atoms with Crippen LogP contribution in [0.1, 0.15) is 17.4 Å². The summed E-state index contributed by atoms with van der Waals surface area (Å²) in [4.78, 5) is 11.2. The third kappa shape index (κ3) is 3.32. The summed E-state index contributed by atoms with van der Waals surface area (Å²) in [5.41, 5.74) is 3.80. The van der Waals surface area contributed by atoms with Crippen LogP contribution in [0.2, 0.25) is 0 Å². The van der Waals surface area contributed by atoms with Crippen LogP contribution in [0.3, 0.4) is 0 Å². The first-order chi connectivity index (χ1) is 12.7. The molecule has 0 bridgehead atoms. The molecule has 1 aliphatic heterocycles. The largest absolute Gasteiger partial charge is 0.508 e. The van der Waals surface area contributed by atoms with Gasteiger partial charge in [-0.2, -0.15) is 0 Å². The van der Waals surface area contributed by atoms with Crippen LogP contribution in [0.25, 0.3) is 0 Å². The second kappa shape index (κ2) is 7.01. The van der Waals surface area contributed by atoms with Gasteiger partial charge in [0.15, 0.2) is 0 Å². The van der Waals surface area contributed by atoms with E-state index in [1.165, 1.54) is 0 Å². The van der Waals surface area contributed by atoms with E-state index >= 15 is 0 Å². The fourth-order valence-electron chi connectivity index (χ4n) is 3.16. The van der Waals surface area contributed by atoms with Crippen molar-refractivity contribution in [1.82, 2.24) is 9.97 Å². The number of hydrogen-bond acceptors (Lipinski definition) is 6. The van der Waals surface area contributed by atoms with Gasteiger partial charge in [-0.05, 0) is 29.8 Å². The van der Waals surface area contributed by atoms with Gasteiger partial charge in [0.2, 0.25) is 5.95 Å². The minimum atomic E-state index is -0.750. The maximum atomic E-state index is 10.3. The van der Waals surface area contributed by atoms with Gasteiger partial charge in [-0.3, -0.25) is 0 Å². The van der Waals surface area contributed by atoms with E-state index in [2.05, 4.69) is 32.3 Å². The smallest absolute Gasteiger partial charge is 0.223 e. The highest BCUT2D eigenvalue weighted by atomic mass is 16.3. The number of phenolic OH excluding ortho intramolecular Hbond substituents is 1. The minimum Gasteiger partial charge on any atom is -0.508 e. The van der Waals surface area contributed by atoms with Crippen LogP contribution in [0.5, 0.6) is 5.75 Å². The molecule has 2 heterocycles. The number of aromatic nitrogens is 2. The summed E-state index contributed by atoms with van der Waals surface area (Å²) in [5.74, 6) is 0.634. The van der Waals surface area contributed by atoms with Crippen LogP contribution in [0.4, 0.5) is 17.3 Å². The number of nitrogens with zero attached hydrogens (tertiary/aromatic N) is 3. The molecule has 2 aromatic carbocycles. The van der Waals surface area contributed by atoms with Gasteiger partial charge in [0.05, 0.1) is 23.7 Å². The Balaban J connectivity index is 1.45. The number of aliphatic hydroxyl groups excluding tert-OH is 1. The molecule has 132 valence electrons. The van der Waals surface area contributed by atoms with Crippen LogP contribution in [0.15, 0.2) is 60.8 Å². The van der Waals surface area contributed by atoms with E-state index in [1.54, 1.807) is 24.3 Å². The zero-order chi connectivity index (χ0) is 17.9. The molecule has 3 N–H and O–H groups in total. The second-order valence-corrected chi connectivity index (χ2v) is 6.25. The van der Waals surface area contributed by atoms with Crippen molar-refractivity contribution < 1.29 is 10.2 Å². The number of fused-ring (bicyclic) bond motifs is 1. The van der Waals surface area contributed by atoms with E-state index in [-0.39, 0.29) is 12.3 Å². The van der Waals surface area contributed by atoms with Gasteiger partial charge in [-0.1, -0.05) is 30.3 Å². The topological polar surface area (TPSA) is 81.5 Å². The molecule has 0 saturated carbocycles. The Hall–Kier alpha value is -3.12. The summed E-state index contributed by atoms with van der Waals surface area (Å²) in [5, 5.41) is 22.8. The number of benzene rings is 2. The molecular weight excluding hydrogens is 328 g/mol. The van der Waals surface area contributed by atoms with Crippen LogP contribution >= 0.6 is 0 Å². The monoisotopic (exact) mass is 348 g/mol. The molecule has 4 rings (SSSR count). The van der Waals surface area contributed by atoms with Crippen molar-refractivity contribution in [1.29, 1.82) is 0 Å². The summed E-state index contributed by atoms with van der Waals surface area (Å²) < 4.78 is 0. The summed E-state index contributed by atoms with van der Waals surface area (Å²) in [7, 11) is 0. The maximum Gasteiger partial charge on any atom is 0.223 e. The molecule has 0 spiro atoms. The highest BCUT2D eigenvalue weighted by molar-refractivity contribution is 5.68. The fraction of sp³-hybridized carbons (Fsp3) is 0.200. The fourth-order valence-corrected chi connectivity index (χ4v) is 3.16. The van der Waals surface area contributed by atoms with E-state index in [9.17, 15) is 10.2 Å². The average molecular weight is 348 g/mol. The lowest BCUT2D eigenvalue weighted by Crippen LogP contribution is -2.15. The van der Waals surface area contributed by atoms with Gasteiger partial charge in [0.25, 0.3) is 0 Å². The standard InChI is InChI=1S/C20H20N4O2/c25-16-8-4-5-14(11-16)19(26)13-22-20-21-12-18-17(23-20)9-10-24(18)15-6-2-1-3-7-15/h1-8,11-12,19,25-26H,9-10,13H2,(H,21,22,23). The Morgan fingerprint density at radius 3 is 2.77 bits per heavy atom. The Bertz CT molecular complexity index is 901. The Morgan fingerprint density at radius 2 is 1.96 bits per heavy atom. The van der Waals surface area contributed by atoms with Gasteiger partial charge < -0.3 is 20.4 Å². The van der Waals surface area contributed by atoms with Gasteiger partial charge in [0, 0.05) is 25.2 Å².